The topological polar surface area (TPSA) is 115 Å². The molecule has 7 heteroatoms. The van der Waals surface area contributed by atoms with Crippen LogP contribution in [0.3, 0.4) is 0 Å². The first-order valence-electron chi connectivity index (χ1n) is 4.83. The van der Waals surface area contributed by atoms with Crippen molar-refractivity contribution in [3.8, 4) is 0 Å². The van der Waals surface area contributed by atoms with Crippen molar-refractivity contribution in [1.82, 2.24) is 5.32 Å². The number of hydrogen-bond acceptors (Lipinski definition) is 4. The van der Waals surface area contributed by atoms with Gasteiger partial charge in [0, 0.05) is 6.54 Å². The molecule has 15 heavy (non-hydrogen) atoms. The first kappa shape index (κ1) is 14.3. The second kappa shape index (κ2) is 5.43. The van der Waals surface area contributed by atoms with Gasteiger partial charge in [-0.15, -0.1) is 0 Å². The molecule has 0 aromatic rings. The molecule has 0 saturated carbocycles. The number of amides is 1. The summed E-state index contributed by atoms with van der Waals surface area (Å²) in [6, 6.07) is 0. The zero-order valence-corrected chi connectivity index (χ0v) is 9.93. The number of nitrogens with two attached hydrogens (primary N) is 2. The van der Waals surface area contributed by atoms with Crippen LogP contribution in [0.2, 0.25) is 0 Å². The normalized spacial score (nSPS) is 12.5. The molecule has 0 saturated heterocycles. The molecule has 0 aliphatic rings. The van der Waals surface area contributed by atoms with Gasteiger partial charge in [-0.25, -0.2) is 13.6 Å². The van der Waals surface area contributed by atoms with Gasteiger partial charge in [-0.05, 0) is 12.8 Å². The van der Waals surface area contributed by atoms with Crippen LogP contribution in [-0.4, -0.2) is 32.2 Å². The van der Waals surface area contributed by atoms with Gasteiger partial charge in [-0.3, -0.25) is 4.79 Å². The van der Waals surface area contributed by atoms with Gasteiger partial charge in [0.05, 0.1) is 11.3 Å². The highest BCUT2D eigenvalue weighted by Gasteiger charge is 2.29. The number of carbonyl (C=O) groups excluding carboxylic acids is 1. The lowest BCUT2D eigenvalue weighted by Gasteiger charge is -2.24. The Balaban J connectivity index is 4.15. The second-order valence-electron chi connectivity index (χ2n) is 3.49. The minimum absolute atomic E-state index is 0.00336. The van der Waals surface area contributed by atoms with E-state index in [1.54, 1.807) is 0 Å². The minimum Gasteiger partial charge on any atom is -0.353 e. The third-order valence-corrected chi connectivity index (χ3v) is 3.16. The smallest absolute Gasteiger partial charge is 0.240 e. The molecule has 0 heterocycles. The maximum absolute atomic E-state index is 11.5. The number of primary sulfonamides is 1. The average molecular weight is 237 g/mol. The molecule has 0 spiro atoms. The van der Waals surface area contributed by atoms with Crippen LogP contribution in [0.25, 0.3) is 0 Å². The van der Waals surface area contributed by atoms with E-state index in [0.717, 1.165) is 0 Å². The molecule has 5 N–H and O–H groups in total. The number of nitrogens with one attached hydrogen (secondary N) is 1. The first-order valence-corrected chi connectivity index (χ1v) is 6.54. The highest BCUT2D eigenvalue weighted by Crippen LogP contribution is 2.10. The van der Waals surface area contributed by atoms with Crippen molar-refractivity contribution in [2.45, 2.75) is 32.2 Å². The molecule has 1 amide bonds. The van der Waals surface area contributed by atoms with Crippen LogP contribution in [-0.2, 0) is 14.8 Å². The largest absolute Gasteiger partial charge is 0.353 e. The van der Waals surface area contributed by atoms with Crippen molar-refractivity contribution in [2.24, 2.45) is 10.9 Å². The molecule has 6 nitrogen and oxygen atoms in total. The summed E-state index contributed by atoms with van der Waals surface area (Å²) >= 11 is 0. The zero-order chi connectivity index (χ0) is 12.1. The van der Waals surface area contributed by atoms with Crippen molar-refractivity contribution in [1.29, 1.82) is 0 Å². The van der Waals surface area contributed by atoms with Gasteiger partial charge in [-0.2, -0.15) is 0 Å². The van der Waals surface area contributed by atoms with Gasteiger partial charge >= 0.3 is 0 Å². The molecular weight excluding hydrogens is 218 g/mol. The van der Waals surface area contributed by atoms with E-state index in [4.69, 9.17) is 10.9 Å². The molecule has 0 radical (unpaired) electrons. The Bertz CT molecular complexity index is 309. The fourth-order valence-electron chi connectivity index (χ4n) is 1.05. The lowest BCUT2D eigenvalue weighted by molar-refractivity contribution is -0.126. The average Bonchev–Trinajstić information content (AvgIpc) is 2.14. The molecule has 0 aliphatic carbocycles. The van der Waals surface area contributed by atoms with Crippen LogP contribution in [0.15, 0.2) is 0 Å². The van der Waals surface area contributed by atoms with Crippen molar-refractivity contribution in [3.63, 3.8) is 0 Å². The van der Waals surface area contributed by atoms with E-state index in [1.165, 1.54) is 0 Å². The maximum atomic E-state index is 11.5. The Hall–Kier alpha value is -0.660. The van der Waals surface area contributed by atoms with E-state index < -0.39 is 15.6 Å². The Morgan fingerprint density at radius 3 is 2.13 bits per heavy atom. The summed E-state index contributed by atoms with van der Waals surface area (Å²) in [6.07, 6.45) is 1.01. The van der Waals surface area contributed by atoms with Gasteiger partial charge in [0.15, 0.2) is 0 Å². The van der Waals surface area contributed by atoms with E-state index in [-0.39, 0.29) is 18.2 Å². The highest BCUT2D eigenvalue weighted by molar-refractivity contribution is 7.89. The van der Waals surface area contributed by atoms with Gasteiger partial charge in [0.1, 0.15) is 0 Å². The Morgan fingerprint density at radius 1 is 1.33 bits per heavy atom. The van der Waals surface area contributed by atoms with E-state index in [9.17, 15) is 13.2 Å². The fourth-order valence-corrected chi connectivity index (χ4v) is 1.44. The third-order valence-electron chi connectivity index (χ3n) is 2.39. The monoisotopic (exact) mass is 237 g/mol. The third kappa shape index (κ3) is 5.10. The number of carbonyl (C=O) groups is 1. The Kier molecular flexibility index (Phi) is 5.19. The van der Waals surface area contributed by atoms with Gasteiger partial charge in [0.2, 0.25) is 15.9 Å². The van der Waals surface area contributed by atoms with Crippen LogP contribution in [0.1, 0.15) is 26.7 Å². The molecule has 0 atom stereocenters. The summed E-state index contributed by atoms with van der Waals surface area (Å²) in [5, 5.41) is 7.24. The number of rotatable bonds is 6. The summed E-state index contributed by atoms with van der Waals surface area (Å²) in [5.41, 5.74) is 4.88. The molecule has 0 bridgehead atoms. The first-order chi connectivity index (χ1) is 6.75. The van der Waals surface area contributed by atoms with Gasteiger partial charge < -0.3 is 11.1 Å². The van der Waals surface area contributed by atoms with E-state index in [0.29, 0.717) is 12.8 Å². The molecular formula is C8H19N3O3S. The van der Waals surface area contributed by atoms with Gasteiger partial charge in [0.25, 0.3) is 0 Å². The van der Waals surface area contributed by atoms with Crippen molar-refractivity contribution >= 4 is 15.9 Å². The molecule has 0 aliphatic heterocycles. The SMILES string of the molecule is CCC(N)(CC)C(=O)NCCS(N)(=O)=O. The van der Waals surface area contributed by atoms with E-state index in [2.05, 4.69) is 5.32 Å². The quantitative estimate of drug-likeness (QED) is 0.544. The number of hydrogen-bond donors (Lipinski definition) is 3. The molecule has 0 rings (SSSR count). The van der Waals surface area contributed by atoms with Crippen LogP contribution in [0, 0.1) is 0 Å². The molecule has 0 fully saturated rings. The lowest BCUT2D eigenvalue weighted by atomic mass is 9.93. The van der Waals surface area contributed by atoms with E-state index >= 15 is 0 Å². The molecule has 90 valence electrons. The van der Waals surface area contributed by atoms with Crippen molar-refractivity contribution < 1.29 is 13.2 Å². The lowest BCUT2D eigenvalue weighted by Crippen LogP contribution is -2.53. The Morgan fingerprint density at radius 2 is 1.80 bits per heavy atom. The predicted octanol–water partition coefficient (Wildman–Crippen LogP) is -1.09. The zero-order valence-electron chi connectivity index (χ0n) is 9.12. The minimum atomic E-state index is -3.53. The second-order valence-corrected chi connectivity index (χ2v) is 5.22. The van der Waals surface area contributed by atoms with Crippen molar-refractivity contribution in [3.05, 3.63) is 0 Å². The fraction of sp³-hybridized carbons (Fsp3) is 0.875. The van der Waals surface area contributed by atoms with Crippen LogP contribution in [0.4, 0.5) is 0 Å². The number of sulfonamides is 1. The maximum Gasteiger partial charge on any atom is 0.240 e. The van der Waals surface area contributed by atoms with Crippen molar-refractivity contribution in [2.75, 3.05) is 12.3 Å². The Labute approximate surface area is 90.4 Å². The van der Waals surface area contributed by atoms with Gasteiger partial charge in [-0.1, -0.05) is 13.8 Å². The summed E-state index contributed by atoms with van der Waals surface area (Å²) in [6.45, 7) is 3.61. The summed E-state index contributed by atoms with van der Waals surface area (Å²) in [7, 11) is -3.53. The highest BCUT2D eigenvalue weighted by atomic mass is 32.2. The van der Waals surface area contributed by atoms with Crippen LogP contribution < -0.4 is 16.2 Å². The summed E-state index contributed by atoms with van der Waals surface area (Å²) in [4.78, 5) is 11.5. The summed E-state index contributed by atoms with van der Waals surface area (Å²) in [5.74, 6) is -0.612. The standard InChI is InChI=1S/C8H19N3O3S/c1-3-8(9,4-2)7(12)11-5-6-15(10,13)14/h3-6,9H2,1-2H3,(H,11,12)(H2,10,13,14). The molecule has 0 unspecified atom stereocenters. The van der Waals surface area contributed by atoms with Crippen LogP contribution >= 0.6 is 0 Å². The van der Waals surface area contributed by atoms with Crippen LogP contribution in [0.5, 0.6) is 0 Å². The molecule has 0 aromatic carbocycles. The molecule has 0 aromatic heterocycles. The summed E-state index contributed by atoms with van der Waals surface area (Å²) < 4.78 is 21.2. The predicted molar refractivity (Wildman–Crippen MR) is 58.5 cm³/mol. The van der Waals surface area contributed by atoms with E-state index in [1.807, 2.05) is 13.8 Å².